The lowest BCUT2D eigenvalue weighted by Crippen LogP contribution is -2.38. The highest BCUT2D eigenvalue weighted by Gasteiger charge is 2.47. The number of furan rings is 1. The maximum atomic E-state index is 14.0. The van der Waals surface area contributed by atoms with Gasteiger partial charge in [0.15, 0.2) is 5.76 Å². The van der Waals surface area contributed by atoms with Crippen molar-refractivity contribution in [1.29, 1.82) is 0 Å². The van der Waals surface area contributed by atoms with Crippen LogP contribution in [0.3, 0.4) is 0 Å². The van der Waals surface area contributed by atoms with E-state index in [1.807, 2.05) is 13.8 Å². The number of halogens is 1. The number of carboxylic acids is 1. The van der Waals surface area contributed by atoms with E-state index in [2.05, 4.69) is 0 Å². The van der Waals surface area contributed by atoms with Crippen molar-refractivity contribution in [3.63, 3.8) is 0 Å². The summed E-state index contributed by atoms with van der Waals surface area (Å²) in [5.74, 6) is -1.05. The SMILES string of the molecule is CCc1cc(C(=O)N2CCC(F)(C(=O)O)C2)oc1CC. The van der Waals surface area contributed by atoms with E-state index in [0.717, 1.165) is 17.7 Å². The van der Waals surface area contributed by atoms with Crippen LogP contribution in [0, 0.1) is 0 Å². The number of aliphatic carboxylic acids is 1. The number of likely N-dealkylation sites (tertiary alicyclic amines) is 1. The standard InChI is InChI=1S/C14H18FNO4/c1-3-9-7-11(20-10(9)4-2)12(17)16-6-5-14(15,8-16)13(18)19/h7H,3-6,8H2,1-2H3,(H,18,19). The fourth-order valence-corrected chi connectivity index (χ4v) is 2.45. The van der Waals surface area contributed by atoms with Crippen LogP contribution in [0.5, 0.6) is 0 Å². The lowest BCUT2D eigenvalue weighted by molar-refractivity contribution is -0.149. The summed E-state index contributed by atoms with van der Waals surface area (Å²) in [6.07, 6.45) is 1.25. The van der Waals surface area contributed by atoms with E-state index in [1.54, 1.807) is 6.07 Å². The van der Waals surface area contributed by atoms with Crippen molar-refractivity contribution < 1.29 is 23.5 Å². The van der Waals surface area contributed by atoms with Crippen molar-refractivity contribution in [2.45, 2.75) is 38.8 Å². The quantitative estimate of drug-likeness (QED) is 0.918. The first-order valence-electron chi connectivity index (χ1n) is 6.74. The van der Waals surface area contributed by atoms with Crippen LogP contribution in [0.25, 0.3) is 0 Å². The number of carbonyl (C=O) groups excluding carboxylic acids is 1. The molecule has 2 heterocycles. The second-order valence-corrected chi connectivity index (χ2v) is 5.01. The highest BCUT2D eigenvalue weighted by atomic mass is 19.1. The van der Waals surface area contributed by atoms with Crippen molar-refractivity contribution in [3.05, 3.63) is 23.2 Å². The average molecular weight is 283 g/mol. The summed E-state index contributed by atoms with van der Waals surface area (Å²) >= 11 is 0. The zero-order valence-electron chi connectivity index (χ0n) is 11.6. The number of alkyl halides is 1. The molecule has 5 nitrogen and oxygen atoms in total. The summed E-state index contributed by atoms with van der Waals surface area (Å²) < 4.78 is 19.5. The molecular weight excluding hydrogens is 265 g/mol. The third-order valence-electron chi connectivity index (χ3n) is 3.70. The van der Waals surface area contributed by atoms with Gasteiger partial charge >= 0.3 is 5.97 Å². The van der Waals surface area contributed by atoms with Gasteiger partial charge in [0.25, 0.3) is 5.91 Å². The largest absolute Gasteiger partial charge is 0.479 e. The van der Waals surface area contributed by atoms with E-state index >= 15 is 0 Å². The normalized spacial score (nSPS) is 22.2. The molecule has 0 bridgehead atoms. The molecule has 20 heavy (non-hydrogen) atoms. The van der Waals surface area contributed by atoms with E-state index in [1.165, 1.54) is 4.90 Å². The van der Waals surface area contributed by atoms with Gasteiger partial charge in [0.2, 0.25) is 5.67 Å². The minimum absolute atomic E-state index is 0.0885. The fraction of sp³-hybridized carbons (Fsp3) is 0.571. The first kappa shape index (κ1) is 14.6. The molecule has 2 rings (SSSR count). The predicted octanol–water partition coefficient (Wildman–Crippen LogP) is 2.04. The molecule has 0 radical (unpaired) electrons. The number of nitrogens with zero attached hydrogens (tertiary/aromatic N) is 1. The summed E-state index contributed by atoms with van der Waals surface area (Å²) in [6, 6.07) is 1.67. The van der Waals surface area contributed by atoms with Crippen LogP contribution >= 0.6 is 0 Å². The predicted molar refractivity (Wildman–Crippen MR) is 69.5 cm³/mol. The summed E-state index contributed by atoms with van der Waals surface area (Å²) in [6.45, 7) is 3.56. The topological polar surface area (TPSA) is 70.8 Å². The Hall–Kier alpha value is -1.85. The van der Waals surface area contributed by atoms with Crippen molar-refractivity contribution in [2.24, 2.45) is 0 Å². The van der Waals surface area contributed by atoms with Crippen LogP contribution in [-0.4, -0.2) is 40.6 Å². The van der Waals surface area contributed by atoms with Crippen LogP contribution in [0.4, 0.5) is 4.39 Å². The van der Waals surface area contributed by atoms with E-state index in [4.69, 9.17) is 9.52 Å². The van der Waals surface area contributed by atoms with Gasteiger partial charge in [-0.3, -0.25) is 4.79 Å². The third kappa shape index (κ3) is 2.42. The van der Waals surface area contributed by atoms with Crippen LogP contribution in [-0.2, 0) is 17.6 Å². The summed E-state index contributed by atoms with van der Waals surface area (Å²) in [5.41, 5.74) is -1.39. The number of amides is 1. The van der Waals surface area contributed by atoms with E-state index in [0.29, 0.717) is 6.42 Å². The third-order valence-corrected chi connectivity index (χ3v) is 3.70. The van der Waals surface area contributed by atoms with Gasteiger partial charge in [0, 0.05) is 19.4 Å². The van der Waals surface area contributed by atoms with Gasteiger partial charge in [-0.2, -0.15) is 0 Å². The minimum Gasteiger partial charge on any atom is -0.479 e. The summed E-state index contributed by atoms with van der Waals surface area (Å²) in [7, 11) is 0. The van der Waals surface area contributed by atoms with E-state index in [-0.39, 0.29) is 18.7 Å². The number of aryl methyl sites for hydroxylation is 2. The first-order valence-corrected chi connectivity index (χ1v) is 6.74. The molecule has 0 aromatic carbocycles. The molecule has 1 aromatic heterocycles. The average Bonchev–Trinajstić information content (AvgIpc) is 3.02. The molecule has 1 fully saturated rings. The molecule has 1 aliphatic rings. The molecule has 1 saturated heterocycles. The summed E-state index contributed by atoms with van der Waals surface area (Å²) in [5, 5.41) is 8.83. The number of rotatable bonds is 4. The molecule has 110 valence electrons. The highest BCUT2D eigenvalue weighted by molar-refractivity contribution is 5.93. The molecule has 1 atom stereocenters. The molecule has 1 aromatic rings. The minimum atomic E-state index is -2.34. The smallest absolute Gasteiger partial charge is 0.343 e. The fourth-order valence-electron chi connectivity index (χ4n) is 2.45. The van der Waals surface area contributed by atoms with Crippen LogP contribution in [0.1, 0.15) is 42.1 Å². The van der Waals surface area contributed by atoms with Gasteiger partial charge in [0.1, 0.15) is 5.76 Å². The zero-order chi connectivity index (χ0) is 14.9. The molecule has 0 saturated carbocycles. The monoisotopic (exact) mass is 283 g/mol. The molecule has 1 unspecified atom stereocenters. The van der Waals surface area contributed by atoms with Gasteiger partial charge < -0.3 is 14.4 Å². The van der Waals surface area contributed by atoms with Gasteiger partial charge in [-0.1, -0.05) is 13.8 Å². The van der Waals surface area contributed by atoms with Crippen molar-refractivity contribution in [1.82, 2.24) is 4.90 Å². The Bertz CT molecular complexity index is 518. The van der Waals surface area contributed by atoms with Crippen LogP contribution < -0.4 is 0 Å². The van der Waals surface area contributed by atoms with E-state index in [9.17, 15) is 14.0 Å². The van der Waals surface area contributed by atoms with Crippen molar-refractivity contribution in [2.75, 3.05) is 13.1 Å². The van der Waals surface area contributed by atoms with Gasteiger partial charge in [-0.15, -0.1) is 0 Å². The highest BCUT2D eigenvalue weighted by Crippen LogP contribution is 2.28. The number of hydrogen-bond acceptors (Lipinski definition) is 3. The molecule has 0 aliphatic carbocycles. The van der Waals surface area contributed by atoms with Crippen molar-refractivity contribution in [3.8, 4) is 0 Å². The molecule has 1 aliphatic heterocycles. The molecular formula is C14H18FNO4. The lowest BCUT2D eigenvalue weighted by atomic mass is 10.1. The van der Waals surface area contributed by atoms with Gasteiger partial charge in [-0.25, -0.2) is 9.18 Å². The Morgan fingerprint density at radius 1 is 1.45 bits per heavy atom. The summed E-state index contributed by atoms with van der Waals surface area (Å²) in [4.78, 5) is 24.3. The van der Waals surface area contributed by atoms with Gasteiger partial charge in [-0.05, 0) is 18.1 Å². The first-order chi connectivity index (χ1) is 9.41. The lowest BCUT2D eigenvalue weighted by Gasteiger charge is -2.16. The maximum absolute atomic E-state index is 14.0. The Morgan fingerprint density at radius 3 is 2.60 bits per heavy atom. The molecule has 0 spiro atoms. The Balaban J connectivity index is 2.17. The number of hydrogen-bond donors (Lipinski definition) is 1. The van der Waals surface area contributed by atoms with Crippen LogP contribution in [0.2, 0.25) is 0 Å². The van der Waals surface area contributed by atoms with E-state index < -0.39 is 24.1 Å². The Kier molecular flexibility index (Phi) is 3.83. The molecule has 1 amide bonds. The zero-order valence-corrected chi connectivity index (χ0v) is 11.6. The van der Waals surface area contributed by atoms with Crippen molar-refractivity contribution >= 4 is 11.9 Å². The second kappa shape index (κ2) is 5.26. The maximum Gasteiger partial charge on any atom is 0.343 e. The van der Waals surface area contributed by atoms with Gasteiger partial charge in [0.05, 0.1) is 6.54 Å². The Labute approximate surface area is 116 Å². The number of carbonyl (C=O) groups is 2. The second-order valence-electron chi connectivity index (χ2n) is 5.01. The molecule has 1 N–H and O–H groups in total. The Morgan fingerprint density at radius 2 is 2.15 bits per heavy atom. The molecule has 6 heteroatoms. The van der Waals surface area contributed by atoms with Crippen LogP contribution in [0.15, 0.2) is 10.5 Å². The number of carboxylic acid groups (broad SMARTS) is 1.